The minimum atomic E-state index is -4.23. The van der Waals surface area contributed by atoms with Gasteiger partial charge >= 0.3 is 0 Å². The second-order valence-corrected chi connectivity index (χ2v) is 17.2. The van der Waals surface area contributed by atoms with Crippen LogP contribution in [0.2, 0.25) is 0 Å². The van der Waals surface area contributed by atoms with Crippen molar-refractivity contribution in [2.45, 2.75) is 48.3 Å². The molecule has 1 fully saturated rings. The monoisotopic (exact) mass is 734 g/mol. The maximum Gasteiger partial charge on any atom is 0.223 e. The third-order valence-electron chi connectivity index (χ3n) is 10.0. The molecule has 0 N–H and O–H groups in total. The Morgan fingerprint density at radius 1 is 0.784 bits per heavy atom. The zero-order valence-corrected chi connectivity index (χ0v) is 31.2. The van der Waals surface area contributed by atoms with Crippen molar-refractivity contribution in [1.29, 1.82) is 0 Å². The Bertz CT molecular complexity index is 2010. The number of carbonyl (C=O) groups is 1. The van der Waals surface area contributed by atoms with E-state index in [2.05, 4.69) is 31.2 Å². The third-order valence-corrected chi connectivity index (χ3v) is 12.6. The number of nitrogens with zero attached hydrogens (tertiary/aromatic N) is 2. The number of sulfone groups is 1. The van der Waals surface area contributed by atoms with Gasteiger partial charge in [-0.1, -0.05) is 48.9 Å². The summed E-state index contributed by atoms with van der Waals surface area (Å²) in [6, 6.07) is 28.7. The molecule has 272 valence electrons. The second kappa shape index (κ2) is 15.6. The topological polar surface area (TPSA) is 130 Å². The number of hydrogen-bond acceptors (Lipinski definition) is 8. The molecule has 5 rings (SSSR count). The van der Waals surface area contributed by atoms with Crippen molar-refractivity contribution in [2.75, 3.05) is 52.6 Å². The number of likely N-dealkylation sites (N-methyl/N-ethyl adjacent to an activating group) is 1. The number of benzene rings is 4. The average molecular weight is 735 g/mol. The van der Waals surface area contributed by atoms with Crippen molar-refractivity contribution in [3.8, 4) is 17.2 Å². The lowest BCUT2D eigenvalue weighted by atomic mass is 9.72. The summed E-state index contributed by atoms with van der Waals surface area (Å²) in [7, 11) is -4.36. The van der Waals surface area contributed by atoms with Gasteiger partial charge in [-0.05, 0) is 85.1 Å². The molecule has 10 nitrogen and oxygen atoms in total. The number of rotatable bonds is 14. The van der Waals surface area contributed by atoms with E-state index in [1.807, 2.05) is 43.1 Å². The Kier molecular flexibility index (Phi) is 11.6. The summed E-state index contributed by atoms with van der Waals surface area (Å²) in [6.07, 6.45) is 1.26. The van der Waals surface area contributed by atoms with Gasteiger partial charge in [-0.3, -0.25) is 4.79 Å². The normalized spacial score (nSPS) is 15.9. The molecule has 4 aromatic rings. The SMILES string of the molecule is COc1ccc(S(=O)(=O)c2ccc(Oc3ccc(C(C)(CCC(=O)N4CC[N+](C)(CCCS(=O)(=O)[O-])CC4)c4ccc(C)cc4)cc3)cc2)cc1. The van der Waals surface area contributed by atoms with Gasteiger partial charge in [0, 0.05) is 24.0 Å². The van der Waals surface area contributed by atoms with E-state index < -0.39 is 25.4 Å². The van der Waals surface area contributed by atoms with Crippen LogP contribution >= 0.6 is 0 Å². The molecule has 1 unspecified atom stereocenters. The van der Waals surface area contributed by atoms with Gasteiger partial charge in [0.1, 0.15) is 17.2 Å². The van der Waals surface area contributed by atoms with Crippen LogP contribution in [0.1, 0.15) is 42.9 Å². The highest BCUT2D eigenvalue weighted by Crippen LogP contribution is 2.38. The van der Waals surface area contributed by atoms with Gasteiger partial charge in [0.25, 0.3) is 0 Å². The second-order valence-electron chi connectivity index (χ2n) is 13.8. The number of aryl methyl sites for hydroxylation is 1. The van der Waals surface area contributed by atoms with Crippen LogP contribution in [-0.4, -0.2) is 89.3 Å². The van der Waals surface area contributed by atoms with Crippen molar-refractivity contribution in [2.24, 2.45) is 0 Å². The molecule has 0 saturated carbocycles. The molecule has 1 saturated heterocycles. The van der Waals surface area contributed by atoms with E-state index in [0.29, 0.717) is 73.7 Å². The summed E-state index contributed by atoms with van der Waals surface area (Å²) < 4.78 is 71.2. The van der Waals surface area contributed by atoms with Crippen LogP contribution in [0.25, 0.3) is 0 Å². The fourth-order valence-corrected chi connectivity index (χ4v) is 8.28. The number of quaternary nitrogens is 1. The first kappa shape index (κ1) is 38.0. The highest BCUT2D eigenvalue weighted by atomic mass is 32.2. The molecule has 51 heavy (non-hydrogen) atoms. The van der Waals surface area contributed by atoms with E-state index in [0.717, 1.165) is 16.7 Å². The lowest BCUT2D eigenvalue weighted by Gasteiger charge is -2.42. The van der Waals surface area contributed by atoms with Crippen molar-refractivity contribution in [3.63, 3.8) is 0 Å². The largest absolute Gasteiger partial charge is 0.748 e. The standard InChI is InChI=1S/C39H46N2O8S2/c1-30-6-8-31(9-7-30)39(2,23-22-38(42)40-24-27-41(3,28-25-40)26-5-29-50(43,44)45)32-10-12-34(13-11-32)49-35-16-20-37(21-17-35)51(46,47)36-18-14-33(48-4)15-19-36/h6-21H,5,22-29H2,1-4H3. The minimum Gasteiger partial charge on any atom is -0.748 e. The summed E-state index contributed by atoms with van der Waals surface area (Å²) in [5.41, 5.74) is 2.80. The van der Waals surface area contributed by atoms with E-state index in [9.17, 15) is 26.2 Å². The van der Waals surface area contributed by atoms with Crippen molar-refractivity contribution in [3.05, 3.63) is 114 Å². The number of carbonyl (C=O) groups excluding carboxylic acids is 1. The van der Waals surface area contributed by atoms with E-state index >= 15 is 0 Å². The summed E-state index contributed by atoms with van der Waals surface area (Å²) >= 11 is 0. The Labute approximate surface area is 301 Å². The van der Waals surface area contributed by atoms with Crippen molar-refractivity contribution in [1.82, 2.24) is 4.90 Å². The number of methoxy groups -OCH3 is 1. The summed E-state index contributed by atoms with van der Waals surface area (Å²) in [5.74, 6) is 1.38. The Hall–Kier alpha value is -4.23. The zero-order valence-electron chi connectivity index (χ0n) is 29.6. The Balaban J connectivity index is 1.25. The minimum absolute atomic E-state index is 0.0825. The van der Waals surface area contributed by atoms with E-state index in [1.54, 1.807) is 24.3 Å². The summed E-state index contributed by atoms with van der Waals surface area (Å²) in [6.45, 7) is 7.37. The van der Waals surface area contributed by atoms with Crippen LogP contribution in [-0.2, 0) is 30.2 Å². The maximum atomic E-state index is 13.5. The molecule has 0 bridgehead atoms. The van der Waals surface area contributed by atoms with Gasteiger partial charge in [0.15, 0.2) is 0 Å². The number of hydrogen-bond donors (Lipinski definition) is 0. The van der Waals surface area contributed by atoms with Gasteiger partial charge in [-0.25, -0.2) is 16.8 Å². The van der Waals surface area contributed by atoms with Crippen LogP contribution in [0.15, 0.2) is 107 Å². The molecule has 4 aromatic carbocycles. The first-order valence-electron chi connectivity index (χ1n) is 17.0. The third kappa shape index (κ3) is 9.56. The van der Waals surface area contributed by atoms with Gasteiger partial charge in [0.2, 0.25) is 15.7 Å². The van der Waals surface area contributed by atoms with Gasteiger partial charge in [-0.2, -0.15) is 0 Å². The molecule has 1 aliphatic heterocycles. The zero-order chi connectivity index (χ0) is 36.9. The van der Waals surface area contributed by atoms with Crippen LogP contribution in [0, 0.1) is 6.92 Å². The first-order chi connectivity index (χ1) is 24.1. The molecule has 1 atom stereocenters. The Morgan fingerprint density at radius 3 is 1.75 bits per heavy atom. The first-order valence-corrected chi connectivity index (χ1v) is 20.1. The van der Waals surface area contributed by atoms with E-state index in [1.165, 1.54) is 31.4 Å². The summed E-state index contributed by atoms with van der Waals surface area (Å²) in [4.78, 5) is 15.7. The number of piperazine rings is 1. The summed E-state index contributed by atoms with van der Waals surface area (Å²) in [5, 5.41) is 0. The molecule has 12 heteroatoms. The number of ether oxygens (including phenoxy) is 2. The highest BCUT2D eigenvalue weighted by molar-refractivity contribution is 7.91. The average Bonchev–Trinajstić information content (AvgIpc) is 3.11. The van der Waals surface area contributed by atoms with Crippen LogP contribution in [0.5, 0.6) is 17.2 Å². The molecular formula is C39H46N2O8S2. The van der Waals surface area contributed by atoms with Crippen LogP contribution in [0.3, 0.4) is 0 Å². The van der Waals surface area contributed by atoms with Gasteiger partial charge < -0.3 is 23.4 Å². The van der Waals surface area contributed by atoms with Gasteiger partial charge in [-0.15, -0.1) is 0 Å². The van der Waals surface area contributed by atoms with Crippen molar-refractivity contribution < 1.29 is 40.1 Å². The number of amides is 1. The smallest absolute Gasteiger partial charge is 0.223 e. The molecule has 1 aliphatic rings. The predicted molar refractivity (Wildman–Crippen MR) is 195 cm³/mol. The molecule has 1 heterocycles. The lowest BCUT2D eigenvalue weighted by molar-refractivity contribution is -0.913. The van der Waals surface area contributed by atoms with E-state index in [-0.39, 0.29) is 21.5 Å². The fraction of sp³-hybridized carbons (Fsp3) is 0.359. The highest BCUT2D eigenvalue weighted by Gasteiger charge is 2.34. The quantitative estimate of drug-likeness (QED) is 0.115. The van der Waals surface area contributed by atoms with Gasteiger partial charge in [0.05, 0.1) is 66.8 Å². The lowest BCUT2D eigenvalue weighted by Crippen LogP contribution is -2.58. The molecule has 0 aromatic heterocycles. The van der Waals surface area contributed by atoms with E-state index in [4.69, 9.17) is 9.47 Å². The predicted octanol–water partition coefficient (Wildman–Crippen LogP) is 5.94. The fourth-order valence-electron chi connectivity index (χ4n) is 6.54. The Morgan fingerprint density at radius 2 is 1.25 bits per heavy atom. The maximum absolute atomic E-state index is 13.5. The molecule has 0 aliphatic carbocycles. The molecule has 0 radical (unpaired) electrons. The van der Waals surface area contributed by atoms with Crippen molar-refractivity contribution >= 4 is 25.9 Å². The molecule has 0 spiro atoms. The molecule has 1 amide bonds. The van der Waals surface area contributed by atoms with Crippen LogP contribution < -0.4 is 9.47 Å². The van der Waals surface area contributed by atoms with Crippen LogP contribution in [0.4, 0.5) is 0 Å². The molecular weight excluding hydrogens is 689 g/mol.